The molecule has 0 heterocycles. The molecule has 0 bridgehead atoms. The van der Waals surface area contributed by atoms with E-state index in [1.54, 1.807) is 14.0 Å². The highest BCUT2D eigenvalue weighted by molar-refractivity contribution is 9.10. The van der Waals surface area contributed by atoms with Gasteiger partial charge in [0.2, 0.25) is 0 Å². The third kappa shape index (κ3) is 4.48. The molecule has 1 N–H and O–H groups in total. The van der Waals surface area contributed by atoms with E-state index in [-0.39, 0.29) is 0 Å². The Morgan fingerprint density at radius 3 is 2.53 bits per heavy atom. The standard InChI is InChI=1S/C15H24BrNO2/c1-5-11(2)17(8-9-19-4)13-6-7-14(12(3)18)15(16)10-13/h6-7,10-12,18H,5,8-9H2,1-4H3/t11?,12-/m1/s1. The average Bonchev–Trinajstić information content (AvgIpc) is 2.38. The second-order valence-electron chi connectivity index (χ2n) is 4.83. The molecule has 0 spiro atoms. The molecule has 0 aliphatic carbocycles. The van der Waals surface area contributed by atoms with Crippen molar-refractivity contribution in [3.63, 3.8) is 0 Å². The Morgan fingerprint density at radius 1 is 1.37 bits per heavy atom. The fourth-order valence-corrected chi connectivity index (χ4v) is 2.75. The van der Waals surface area contributed by atoms with Crippen molar-refractivity contribution >= 4 is 21.6 Å². The van der Waals surface area contributed by atoms with E-state index in [2.05, 4.69) is 46.8 Å². The fraction of sp³-hybridized carbons (Fsp3) is 0.600. The summed E-state index contributed by atoms with van der Waals surface area (Å²) in [4.78, 5) is 2.33. The molecule has 0 fully saturated rings. The Bertz CT molecular complexity index is 396. The number of nitrogens with zero attached hydrogens (tertiary/aromatic N) is 1. The Hall–Kier alpha value is -0.580. The first-order valence-electron chi connectivity index (χ1n) is 6.74. The summed E-state index contributed by atoms with van der Waals surface area (Å²) in [5, 5.41) is 9.67. The highest BCUT2D eigenvalue weighted by Crippen LogP contribution is 2.29. The zero-order valence-corrected chi connectivity index (χ0v) is 13.8. The number of halogens is 1. The van der Waals surface area contributed by atoms with Crippen molar-refractivity contribution in [3.8, 4) is 0 Å². The maximum absolute atomic E-state index is 9.67. The maximum atomic E-state index is 9.67. The minimum Gasteiger partial charge on any atom is -0.389 e. The number of aliphatic hydroxyl groups excluding tert-OH is 1. The lowest BCUT2D eigenvalue weighted by molar-refractivity contribution is 0.198. The van der Waals surface area contributed by atoms with Crippen LogP contribution in [-0.2, 0) is 4.74 Å². The van der Waals surface area contributed by atoms with E-state index in [4.69, 9.17) is 4.74 Å². The summed E-state index contributed by atoms with van der Waals surface area (Å²) in [6.07, 6.45) is 0.624. The topological polar surface area (TPSA) is 32.7 Å². The molecule has 0 radical (unpaired) electrons. The van der Waals surface area contributed by atoms with Crippen molar-refractivity contribution in [1.29, 1.82) is 0 Å². The summed E-state index contributed by atoms with van der Waals surface area (Å²) >= 11 is 3.54. The van der Waals surface area contributed by atoms with Crippen LogP contribution in [0.4, 0.5) is 5.69 Å². The van der Waals surface area contributed by atoms with E-state index in [1.807, 2.05) is 6.07 Å². The van der Waals surface area contributed by atoms with Gasteiger partial charge >= 0.3 is 0 Å². The average molecular weight is 330 g/mol. The predicted molar refractivity (Wildman–Crippen MR) is 83.8 cm³/mol. The summed E-state index contributed by atoms with van der Waals surface area (Å²) in [5.41, 5.74) is 2.07. The summed E-state index contributed by atoms with van der Waals surface area (Å²) in [6.45, 7) is 7.75. The smallest absolute Gasteiger partial charge is 0.0772 e. The molecule has 4 heteroatoms. The van der Waals surface area contributed by atoms with Crippen molar-refractivity contribution in [1.82, 2.24) is 0 Å². The third-order valence-corrected chi connectivity index (χ3v) is 4.11. The maximum Gasteiger partial charge on any atom is 0.0772 e. The van der Waals surface area contributed by atoms with Gasteiger partial charge in [0.15, 0.2) is 0 Å². The van der Waals surface area contributed by atoms with E-state index < -0.39 is 6.10 Å². The minimum atomic E-state index is -0.459. The van der Waals surface area contributed by atoms with E-state index in [9.17, 15) is 5.11 Å². The van der Waals surface area contributed by atoms with Gasteiger partial charge in [-0.1, -0.05) is 28.9 Å². The van der Waals surface area contributed by atoms with Crippen molar-refractivity contribution in [3.05, 3.63) is 28.2 Å². The summed E-state index contributed by atoms with van der Waals surface area (Å²) in [6, 6.07) is 6.57. The second-order valence-corrected chi connectivity index (χ2v) is 5.68. The summed E-state index contributed by atoms with van der Waals surface area (Å²) in [7, 11) is 1.72. The lowest BCUT2D eigenvalue weighted by Gasteiger charge is -2.31. The highest BCUT2D eigenvalue weighted by atomic mass is 79.9. The Kier molecular flexibility index (Phi) is 6.83. The van der Waals surface area contributed by atoms with E-state index in [1.165, 1.54) is 0 Å². The molecule has 1 aromatic rings. The highest BCUT2D eigenvalue weighted by Gasteiger charge is 2.15. The molecule has 1 unspecified atom stereocenters. The SMILES string of the molecule is CCC(C)N(CCOC)c1ccc([C@@H](C)O)c(Br)c1. The zero-order valence-electron chi connectivity index (χ0n) is 12.2. The minimum absolute atomic E-state index is 0.458. The van der Waals surface area contributed by atoms with Crippen LogP contribution in [-0.4, -0.2) is 31.4 Å². The van der Waals surface area contributed by atoms with Gasteiger partial charge in [-0.3, -0.25) is 0 Å². The van der Waals surface area contributed by atoms with Crippen LogP contribution in [0.5, 0.6) is 0 Å². The molecule has 1 rings (SSSR count). The van der Waals surface area contributed by atoms with E-state index in [0.717, 1.165) is 28.7 Å². The number of benzene rings is 1. The van der Waals surface area contributed by atoms with Crippen molar-refractivity contribution in [2.45, 2.75) is 39.3 Å². The van der Waals surface area contributed by atoms with E-state index >= 15 is 0 Å². The van der Waals surface area contributed by atoms with Crippen LogP contribution in [0.25, 0.3) is 0 Å². The molecule has 0 amide bonds. The largest absolute Gasteiger partial charge is 0.389 e. The van der Waals surface area contributed by atoms with Crippen LogP contribution < -0.4 is 4.90 Å². The van der Waals surface area contributed by atoms with Crippen molar-refractivity contribution in [2.75, 3.05) is 25.2 Å². The lowest BCUT2D eigenvalue weighted by Crippen LogP contribution is -2.35. The van der Waals surface area contributed by atoms with Crippen molar-refractivity contribution in [2.24, 2.45) is 0 Å². The van der Waals surface area contributed by atoms with Gasteiger partial charge in [0.25, 0.3) is 0 Å². The second kappa shape index (κ2) is 7.88. The first-order chi connectivity index (χ1) is 9.01. The molecular formula is C15H24BrNO2. The quantitative estimate of drug-likeness (QED) is 0.826. The molecule has 1 aromatic carbocycles. The van der Waals surface area contributed by atoms with Crippen LogP contribution in [0.1, 0.15) is 38.9 Å². The molecule has 2 atom stereocenters. The Balaban J connectivity index is 2.99. The molecule has 108 valence electrons. The normalized spacial score (nSPS) is 14.2. The number of rotatable bonds is 7. The Morgan fingerprint density at radius 2 is 2.05 bits per heavy atom. The first kappa shape index (κ1) is 16.5. The van der Waals surface area contributed by atoms with Crippen LogP contribution in [0.3, 0.4) is 0 Å². The molecular weight excluding hydrogens is 306 g/mol. The Labute approximate surface area is 124 Å². The van der Waals surface area contributed by atoms with Gasteiger partial charge in [-0.15, -0.1) is 0 Å². The van der Waals surface area contributed by atoms with E-state index in [0.29, 0.717) is 12.6 Å². The molecule has 0 aliphatic heterocycles. The summed E-state index contributed by atoms with van der Waals surface area (Å²) < 4.78 is 6.14. The predicted octanol–water partition coefficient (Wildman–Crippen LogP) is 3.75. The van der Waals surface area contributed by atoms with Gasteiger partial charge in [0.1, 0.15) is 0 Å². The van der Waals surface area contributed by atoms with Gasteiger partial charge in [-0.2, -0.15) is 0 Å². The molecule has 0 saturated heterocycles. The molecule has 0 saturated carbocycles. The number of ether oxygens (including phenoxy) is 1. The third-order valence-electron chi connectivity index (χ3n) is 3.42. The van der Waals surface area contributed by atoms with Gasteiger partial charge in [0, 0.05) is 29.9 Å². The molecule has 0 aliphatic rings. The van der Waals surface area contributed by atoms with Crippen LogP contribution in [0.15, 0.2) is 22.7 Å². The number of hydrogen-bond donors (Lipinski definition) is 1. The number of hydrogen-bond acceptors (Lipinski definition) is 3. The number of aliphatic hydroxyl groups is 1. The van der Waals surface area contributed by atoms with Gasteiger partial charge in [-0.25, -0.2) is 0 Å². The molecule has 19 heavy (non-hydrogen) atoms. The van der Waals surface area contributed by atoms with Gasteiger partial charge < -0.3 is 14.7 Å². The van der Waals surface area contributed by atoms with Gasteiger partial charge in [0.05, 0.1) is 12.7 Å². The monoisotopic (exact) mass is 329 g/mol. The molecule has 0 aromatic heterocycles. The van der Waals surface area contributed by atoms with Crippen LogP contribution in [0, 0.1) is 0 Å². The van der Waals surface area contributed by atoms with Crippen LogP contribution >= 0.6 is 15.9 Å². The lowest BCUT2D eigenvalue weighted by atomic mass is 10.1. The van der Waals surface area contributed by atoms with Gasteiger partial charge in [-0.05, 0) is 38.0 Å². The summed E-state index contributed by atoms with van der Waals surface area (Å²) in [5.74, 6) is 0. The number of methoxy groups -OCH3 is 1. The number of anilines is 1. The molecule has 3 nitrogen and oxygen atoms in total. The zero-order chi connectivity index (χ0) is 14.4. The fourth-order valence-electron chi connectivity index (χ4n) is 2.05. The van der Waals surface area contributed by atoms with Crippen LogP contribution in [0.2, 0.25) is 0 Å². The first-order valence-corrected chi connectivity index (χ1v) is 7.53. The van der Waals surface area contributed by atoms with Crippen molar-refractivity contribution < 1.29 is 9.84 Å².